The number of nitrogens with one attached hydrogen (secondary N) is 1. The zero-order chi connectivity index (χ0) is 26.3. The van der Waals surface area contributed by atoms with Crippen LogP contribution >= 0.6 is 11.6 Å². The van der Waals surface area contributed by atoms with Crippen LogP contribution in [0.15, 0.2) is 88.2 Å². The number of carbonyl (C=O) groups excluding carboxylic acids is 1. The molecule has 37 heavy (non-hydrogen) atoms. The van der Waals surface area contributed by atoms with Gasteiger partial charge >= 0.3 is 0 Å². The number of aryl methyl sites for hydroxylation is 2. The number of para-hydroxylation sites is 2. The molecule has 0 fully saturated rings. The molecule has 5 rings (SSSR count). The number of carbonyl (C=O) groups is 1. The van der Waals surface area contributed by atoms with Crippen molar-refractivity contribution >= 4 is 44.1 Å². The molecular formula is C29H23ClN2O4S. The summed E-state index contributed by atoms with van der Waals surface area (Å²) < 4.78 is 30.4. The van der Waals surface area contributed by atoms with Gasteiger partial charge in [-0.2, -0.15) is 0 Å². The SMILES string of the molecule is Cc1cc(C)cc(-c2cc(S(C)(=O)=O)ccc2C(=O)Nc2ccc(Cl)c(-c3nc4ccccc4o3)c2)c1. The molecule has 0 atom stereocenters. The van der Waals surface area contributed by atoms with Gasteiger partial charge in [0.1, 0.15) is 5.52 Å². The highest BCUT2D eigenvalue weighted by Gasteiger charge is 2.19. The number of benzene rings is 4. The minimum Gasteiger partial charge on any atom is -0.436 e. The minimum atomic E-state index is -3.47. The molecule has 4 aromatic carbocycles. The maximum atomic E-state index is 13.5. The topological polar surface area (TPSA) is 89.3 Å². The maximum Gasteiger partial charge on any atom is 0.256 e. The van der Waals surface area contributed by atoms with E-state index >= 15 is 0 Å². The van der Waals surface area contributed by atoms with Crippen LogP contribution in [0.2, 0.25) is 5.02 Å². The van der Waals surface area contributed by atoms with E-state index in [0.717, 1.165) is 22.9 Å². The molecule has 1 N–H and O–H groups in total. The predicted octanol–water partition coefficient (Wildman–Crippen LogP) is 7.09. The van der Waals surface area contributed by atoms with Crippen LogP contribution in [0.4, 0.5) is 5.69 Å². The summed E-state index contributed by atoms with van der Waals surface area (Å²) in [7, 11) is -3.47. The number of halogens is 1. The summed E-state index contributed by atoms with van der Waals surface area (Å²) in [5.41, 5.74) is 6.01. The van der Waals surface area contributed by atoms with E-state index in [2.05, 4.69) is 10.3 Å². The molecule has 0 unspecified atom stereocenters. The van der Waals surface area contributed by atoms with Gasteiger partial charge < -0.3 is 9.73 Å². The van der Waals surface area contributed by atoms with Crippen molar-refractivity contribution in [2.24, 2.45) is 0 Å². The molecule has 186 valence electrons. The summed E-state index contributed by atoms with van der Waals surface area (Å²) in [4.78, 5) is 18.1. The van der Waals surface area contributed by atoms with Gasteiger partial charge in [-0.1, -0.05) is 53.1 Å². The van der Waals surface area contributed by atoms with Crippen LogP contribution in [-0.4, -0.2) is 25.6 Å². The van der Waals surface area contributed by atoms with E-state index in [9.17, 15) is 13.2 Å². The van der Waals surface area contributed by atoms with Crippen LogP contribution < -0.4 is 5.32 Å². The number of oxazole rings is 1. The average molecular weight is 531 g/mol. The van der Waals surface area contributed by atoms with Crippen molar-refractivity contribution in [3.8, 4) is 22.6 Å². The summed E-state index contributed by atoms with van der Waals surface area (Å²) in [5.74, 6) is -0.0456. The van der Waals surface area contributed by atoms with Gasteiger partial charge in [0, 0.05) is 17.5 Å². The molecule has 1 amide bonds. The smallest absolute Gasteiger partial charge is 0.256 e. The predicted molar refractivity (Wildman–Crippen MR) is 147 cm³/mol. The fourth-order valence-electron chi connectivity index (χ4n) is 4.27. The quantitative estimate of drug-likeness (QED) is 0.262. The molecule has 0 saturated heterocycles. The Bertz CT molecular complexity index is 1740. The van der Waals surface area contributed by atoms with Gasteiger partial charge in [-0.25, -0.2) is 13.4 Å². The number of anilines is 1. The first-order valence-corrected chi connectivity index (χ1v) is 13.7. The third-order valence-electron chi connectivity index (χ3n) is 5.95. The van der Waals surface area contributed by atoms with Gasteiger partial charge in [0.25, 0.3) is 5.91 Å². The zero-order valence-electron chi connectivity index (χ0n) is 20.4. The summed E-state index contributed by atoms with van der Waals surface area (Å²) >= 11 is 6.44. The first kappa shape index (κ1) is 24.7. The second kappa shape index (κ2) is 9.50. The molecule has 0 aliphatic heterocycles. The Balaban J connectivity index is 1.54. The highest BCUT2D eigenvalue weighted by molar-refractivity contribution is 7.90. The minimum absolute atomic E-state index is 0.142. The molecule has 0 spiro atoms. The van der Waals surface area contributed by atoms with E-state index < -0.39 is 9.84 Å². The Labute approximate surface area is 219 Å². The largest absolute Gasteiger partial charge is 0.436 e. The molecule has 5 aromatic rings. The Kier molecular flexibility index (Phi) is 6.35. The second-order valence-corrected chi connectivity index (χ2v) is 11.4. The van der Waals surface area contributed by atoms with E-state index in [1.165, 1.54) is 12.1 Å². The van der Waals surface area contributed by atoms with Crippen LogP contribution in [0.1, 0.15) is 21.5 Å². The van der Waals surface area contributed by atoms with Crippen molar-refractivity contribution in [1.29, 1.82) is 0 Å². The standard InChI is InChI=1S/C29H23ClN2O4S/c1-17-12-18(2)14-19(13-17)23-16-21(37(3,34)35)9-10-22(23)28(33)31-20-8-11-25(30)24(15-20)29-32-26-6-4-5-7-27(26)36-29/h4-16H,1-3H3,(H,31,33). The lowest BCUT2D eigenvalue weighted by molar-refractivity contribution is 0.102. The third-order valence-corrected chi connectivity index (χ3v) is 7.38. The summed E-state index contributed by atoms with van der Waals surface area (Å²) in [6.45, 7) is 3.91. The fraction of sp³-hybridized carbons (Fsp3) is 0.103. The first-order chi connectivity index (χ1) is 17.6. The number of sulfone groups is 1. The first-order valence-electron chi connectivity index (χ1n) is 11.5. The Morgan fingerprint density at radius 2 is 1.62 bits per heavy atom. The molecule has 8 heteroatoms. The van der Waals surface area contributed by atoms with Gasteiger partial charge in [0.15, 0.2) is 15.4 Å². The number of amides is 1. The van der Waals surface area contributed by atoms with Crippen molar-refractivity contribution in [3.63, 3.8) is 0 Å². The Hall–Kier alpha value is -3.94. The van der Waals surface area contributed by atoms with Gasteiger partial charge in [-0.05, 0) is 73.5 Å². The number of fused-ring (bicyclic) bond motifs is 1. The van der Waals surface area contributed by atoms with Gasteiger partial charge in [0.2, 0.25) is 5.89 Å². The lowest BCUT2D eigenvalue weighted by atomic mass is 9.96. The molecule has 0 aliphatic carbocycles. The monoisotopic (exact) mass is 530 g/mol. The van der Waals surface area contributed by atoms with E-state index in [1.807, 2.05) is 56.3 Å². The lowest BCUT2D eigenvalue weighted by Gasteiger charge is -2.14. The van der Waals surface area contributed by atoms with E-state index in [0.29, 0.717) is 44.4 Å². The number of nitrogens with zero attached hydrogens (tertiary/aromatic N) is 1. The summed E-state index contributed by atoms with van der Waals surface area (Å²) in [6.07, 6.45) is 1.15. The molecule has 1 aromatic heterocycles. The lowest BCUT2D eigenvalue weighted by Crippen LogP contribution is -2.14. The molecule has 0 saturated carbocycles. The van der Waals surface area contributed by atoms with Crippen LogP contribution in [0, 0.1) is 13.8 Å². The summed E-state index contributed by atoms with van der Waals surface area (Å²) in [5, 5.41) is 3.34. The average Bonchev–Trinajstić information content (AvgIpc) is 3.28. The Morgan fingerprint density at radius 1 is 0.892 bits per heavy atom. The van der Waals surface area contributed by atoms with E-state index in [4.69, 9.17) is 16.0 Å². The van der Waals surface area contributed by atoms with Gasteiger partial charge in [0.05, 0.1) is 15.5 Å². The Morgan fingerprint density at radius 3 is 2.32 bits per heavy atom. The normalized spacial score (nSPS) is 11.6. The van der Waals surface area contributed by atoms with Crippen molar-refractivity contribution < 1.29 is 17.6 Å². The van der Waals surface area contributed by atoms with Crippen molar-refractivity contribution in [3.05, 3.63) is 101 Å². The molecular weight excluding hydrogens is 508 g/mol. The highest BCUT2D eigenvalue weighted by atomic mass is 35.5. The number of rotatable bonds is 5. The third kappa shape index (κ3) is 5.14. The van der Waals surface area contributed by atoms with Crippen LogP contribution in [0.5, 0.6) is 0 Å². The number of aromatic nitrogens is 1. The number of hydrogen-bond acceptors (Lipinski definition) is 5. The fourth-order valence-corrected chi connectivity index (χ4v) is 5.12. The van der Waals surface area contributed by atoms with E-state index in [-0.39, 0.29) is 10.8 Å². The highest BCUT2D eigenvalue weighted by Crippen LogP contribution is 2.33. The molecule has 0 bridgehead atoms. The maximum absolute atomic E-state index is 13.5. The van der Waals surface area contributed by atoms with Crippen LogP contribution in [0.3, 0.4) is 0 Å². The molecule has 1 heterocycles. The molecule has 6 nitrogen and oxygen atoms in total. The van der Waals surface area contributed by atoms with E-state index in [1.54, 1.807) is 24.3 Å². The van der Waals surface area contributed by atoms with Crippen molar-refractivity contribution in [2.45, 2.75) is 18.7 Å². The van der Waals surface area contributed by atoms with Crippen LogP contribution in [-0.2, 0) is 9.84 Å². The van der Waals surface area contributed by atoms with Gasteiger partial charge in [-0.15, -0.1) is 0 Å². The zero-order valence-corrected chi connectivity index (χ0v) is 21.9. The molecule has 0 aliphatic rings. The van der Waals surface area contributed by atoms with Crippen molar-refractivity contribution in [1.82, 2.24) is 4.98 Å². The van der Waals surface area contributed by atoms with Crippen LogP contribution in [0.25, 0.3) is 33.7 Å². The number of hydrogen-bond donors (Lipinski definition) is 1. The van der Waals surface area contributed by atoms with Crippen molar-refractivity contribution in [2.75, 3.05) is 11.6 Å². The van der Waals surface area contributed by atoms with Gasteiger partial charge in [-0.3, -0.25) is 4.79 Å². The summed E-state index contributed by atoms with van der Waals surface area (Å²) in [6, 6.07) is 22.9. The molecule has 0 radical (unpaired) electrons. The second-order valence-electron chi connectivity index (χ2n) is 8.99.